The second-order valence-electron chi connectivity index (χ2n) is 11.3. The second kappa shape index (κ2) is 10.7. The lowest BCUT2D eigenvalue weighted by Gasteiger charge is -2.37. The summed E-state index contributed by atoms with van der Waals surface area (Å²) in [6, 6.07) is 8.93. The normalized spacial score (nSPS) is 21.8. The average Bonchev–Trinajstić information content (AvgIpc) is 3.35. The number of carbonyl (C=O) groups excluding carboxylic acids is 2. The van der Waals surface area contributed by atoms with Crippen molar-refractivity contribution in [3.8, 4) is 17.5 Å². The van der Waals surface area contributed by atoms with E-state index < -0.39 is 48.4 Å². The summed E-state index contributed by atoms with van der Waals surface area (Å²) in [6.07, 6.45) is 1.98. The molecule has 2 saturated carbocycles. The molecule has 216 valence electrons. The Morgan fingerprint density at radius 1 is 1.24 bits per heavy atom. The summed E-state index contributed by atoms with van der Waals surface area (Å²) in [5.74, 6) is -5.26. The quantitative estimate of drug-likeness (QED) is 0.294. The Kier molecular flexibility index (Phi) is 7.37. The number of rotatable bonds is 10. The van der Waals surface area contributed by atoms with Crippen molar-refractivity contribution in [3.63, 3.8) is 0 Å². The minimum absolute atomic E-state index is 0.0632. The standard InChI is InChI=1S/C28H30F3N7O3/c1-27(2,41)24(29)14-35-25(39)19-13-33-22(23-4-3-18-7-16(10-32)12-36-38(18)23)8-21(19)37-17-5-15(6-17)11-34-26(40)20-9-28(20,30)31/h3-4,7-8,12-13,15,17,20,24,41H,5-6,9,11,14H2,1-2H3,(H,33,37)(H,34,40)(H,35,39)/t15?,17?,20-,24?/m0/s1. The minimum atomic E-state index is -2.90. The van der Waals surface area contributed by atoms with Crippen LogP contribution in [0.5, 0.6) is 0 Å². The molecule has 0 saturated heterocycles. The zero-order valence-corrected chi connectivity index (χ0v) is 22.5. The van der Waals surface area contributed by atoms with E-state index in [1.807, 2.05) is 6.07 Å². The van der Waals surface area contributed by atoms with Gasteiger partial charge < -0.3 is 21.1 Å². The van der Waals surface area contributed by atoms with Crippen LogP contribution in [-0.4, -0.2) is 68.3 Å². The number of nitriles is 1. The number of nitrogens with one attached hydrogen (secondary N) is 3. The molecule has 0 aromatic carbocycles. The van der Waals surface area contributed by atoms with E-state index in [9.17, 15) is 27.9 Å². The summed E-state index contributed by atoms with van der Waals surface area (Å²) in [7, 11) is 0. The molecule has 0 radical (unpaired) electrons. The number of fused-ring (bicyclic) bond motifs is 1. The van der Waals surface area contributed by atoms with Crippen molar-refractivity contribution in [2.24, 2.45) is 11.8 Å². The van der Waals surface area contributed by atoms with Gasteiger partial charge in [-0.1, -0.05) is 0 Å². The van der Waals surface area contributed by atoms with Gasteiger partial charge >= 0.3 is 0 Å². The van der Waals surface area contributed by atoms with E-state index >= 15 is 0 Å². The molecular formula is C28H30F3N7O3. The summed E-state index contributed by atoms with van der Waals surface area (Å²) < 4.78 is 42.2. The third-order valence-corrected chi connectivity index (χ3v) is 7.55. The van der Waals surface area contributed by atoms with Gasteiger partial charge in [0.05, 0.1) is 52.1 Å². The van der Waals surface area contributed by atoms with Gasteiger partial charge in [0.15, 0.2) is 0 Å². The largest absolute Gasteiger partial charge is 0.387 e. The molecule has 5 rings (SSSR count). The average molecular weight is 570 g/mol. The summed E-state index contributed by atoms with van der Waals surface area (Å²) in [4.78, 5) is 29.4. The van der Waals surface area contributed by atoms with Crippen molar-refractivity contribution in [1.82, 2.24) is 25.2 Å². The van der Waals surface area contributed by atoms with Gasteiger partial charge in [0.1, 0.15) is 18.2 Å². The van der Waals surface area contributed by atoms with Crippen LogP contribution >= 0.6 is 0 Å². The van der Waals surface area contributed by atoms with Gasteiger partial charge in [-0.2, -0.15) is 10.4 Å². The van der Waals surface area contributed by atoms with Gasteiger partial charge in [-0.25, -0.2) is 17.7 Å². The summed E-state index contributed by atoms with van der Waals surface area (Å²) in [5, 5.41) is 31.8. The van der Waals surface area contributed by atoms with E-state index in [2.05, 4.69) is 26.0 Å². The fourth-order valence-electron chi connectivity index (χ4n) is 4.78. The first-order chi connectivity index (χ1) is 19.4. The van der Waals surface area contributed by atoms with E-state index in [1.54, 1.807) is 28.8 Å². The molecule has 0 aliphatic heterocycles. The number of halogens is 3. The lowest BCUT2D eigenvalue weighted by Crippen LogP contribution is -2.43. The molecular weight excluding hydrogens is 539 g/mol. The van der Waals surface area contributed by atoms with Crippen molar-refractivity contribution in [2.75, 3.05) is 18.4 Å². The smallest absolute Gasteiger partial charge is 0.260 e. The maximum absolute atomic E-state index is 14.3. The topological polar surface area (TPSA) is 144 Å². The van der Waals surface area contributed by atoms with Gasteiger partial charge in [-0.05, 0) is 56.9 Å². The number of anilines is 1. The lowest BCUT2D eigenvalue weighted by molar-refractivity contribution is -0.124. The Morgan fingerprint density at radius 3 is 2.63 bits per heavy atom. The molecule has 0 bridgehead atoms. The van der Waals surface area contributed by atoms with E-state index in [0.717, 1.165) is 0 Å². The first kappa shape index (κ1) is 28.4. The SMILES string of the molecule is CC(C)(O)C(F)CNC(=O)c1cnc(-c2ccc3cc(C#N)cnn23)cc1NC1CC(CNC(=O)[C@@H]2CC2(F)F)C1. The monoisotopic (exact) mass is 569 g/mol. The van der Waals surface area contributed by atoms with Crippen molar-refractivity contribution in [3.05, 3.63) is 47.8 Å². The Morgan fingerprint density at radius 2 is 1.98 bits per heavy atom. The molecule has 2 fully saturated rings. The Bertz CT molecular complexity index is 1520. The van der Waals surface area contributed by atoms with E-state index in [-0.39, 0.29) is 17.5 Å². The molecule has 41 heavy (non-hydrogen) atoms. The molecule has 2 aliphatic carbocycles. The van der Waals surface area contributed by atoms with Crippen LogP contribution in [0.15, 0.2) is 36.7 Å². The van der Waals surface area contributed by atoms with E-state index in [4.69, 9.17) is 5.26 Å². The van der Waals surface area contributed by atoms with Crippen LogP contribution in [0.3, 0.4) is 0 Å². The molecule has 13 heteroatoms. The third-order valence-electron chi connectivity index (χ3n) is 7.55. The van der Waals surface area contributed by atoms with Crippen LogP contribution in [0.1, 0.15) is 49.0 Å². The maximum atomic E-state index is 14.3. The highest BCUT2D eigenvalue weighted by atomic mass is 19.3. The lowest BCUT2D eigenvalue weighted by atomic mass is 9.80. The molecule has 2 atom stereocenters. The van der Waals surface area contributed by atoms with Crippen molar-refractivity contribution < 1.29 is 27.9 Å². The first-order valence-corrected chi connectivity index (χ1v) is 13.3. The van der Waals surface area contributed by atoms with Crippen LogP contribution in [0.2, 0.25) is 0 Å². The van der Waals surface area contributed by atoms with E-state index in [0.29, 0.717) is 47.5 Å². The zero-order chi connectivity index (χ0) is 29.5. The number of nitrogens with zero attached hydrogens (tertiary/aromatic N) is 4. The van der Waals surface area contributed by atoms with Crippen molar-refractivity contribution in [2.45, 2.75) is 56.8 Å². The highest BCUT2D eigenvalue weighted by Crippen LogP contribution is 2.48. The number of amides is 2. The number of hydrogen-bond acceptors (Lipinski definition) is 7. The third kappa shape index (κ3) is 6.12. The first-order valence-electron chi connectivity index (χ1n) is 13.3. The van der Waals surface area contributed by atoms with Crippen LogP contribution in [0.25, 0.3) is 16.9 Å². The molecule has 2 amide bonds. The molecule has 10 nitrogen and oxygen atoms in total. The molecule has 1 unspecified atom stereocenters. The van der Waals surface area contributed by atoms with Crippen LogP contribution < -0.4 is 16.0 Å². The number of aliphatic hydroxyl groups is 1. The predicted octanol–water partition coefficient (Wildman–Crippen LogP) is 3.07. The highest BCUT2D eigenvalue weighted by Gasteiger charge is 2.61. The molecule has 2 aliphatic rings. The Hall–Kier alpha value is -4.18. The number of pyridine rings is 1. The van der Waals surface area contributed by atoms with Crippen molar-refractivity contribution >= 4 is 23.0 Å². The predicted molar refractivity (Wildman–Crippen MR) is 143 cm³/mol. The van der Waals surface area contributed by atoms with Gasteiger partial charge in [0.25, 0.3) is 11.8 Å². The van der Waals surface area contributed by atoms with E-state index in [1.165, 1.54) is 26.2 Å². The van der Waals surface area contributed by atoms with Crippen molar-refractivity contribution in [1.29, 1.82) is 5.26 Å². The molecule has 4 N–H and O–H groups in total. The summed E-state index contributed by atoms with van der Waals surface area (Å²) in [5.41, 5.74) is 1.20. The summed E-state index contributed by atoms with van der Waals surface area (Å²) >= 11 is 0. The molecule has 3 heterocycles. The summed E-state index contributed by atoms with van der Waals surface area (Å²) in [6.45, 7) is 2.52. The van der Waals surface area contributed by atoms with Crippen LogP contribution in [0, 0.1) is 23.2 Å². The maximum Gasteiger partial charge on any atom is 0.260 e. The Balaban J connectivity index is 1.31. The number of carbonyl (C=O) groups is 2. The zero-order valence-electron chi connectivity index (χ0n) is 22.5. The number of alkyl halides is 3. The molecule has 3 aromatic heterocycles. The fraction of sp³-hybridized carbons (Fsp3) is 0.464. The van der Waals surface area contributed by atoms with Gasteiger partial charge in [0, 0.05) is 25.2 Å². The molecule has 0 spiro atoms. The van der Waals surface area contributed by atoms with Crippen LogP contribution in [0.4, 0.5) is 18.9 Å². The number of aromatic nitrogens is 3. The van der Waals surface area contributed by atoms with Gasteiger partial charge in [-0.15, -0.1) is 0 Å². The minimum Gasteiger partial charge on any atom is -0.387 e. The Labute approximate surface area is 233 Å². The second-order valence-corrected chi connectivity index (χ2v) is 11.3. The van der Waals surface area contributed by atoms with Gasteiger partial charge in [-0.3, -0.25) is 14.6 Å². The number of hydrogen-bond donors (Lipinski definition) is 4. The highest BCUT2D eigenvalue weighted by molar-refractivity contribution is 6.00. The van der Waals surface area contributed by atoms with Gasteiger partial charge in [0.2, 0.25) is 5.91 Å². The molecule has 3 aromatic rings. The van der Waals surface area contributed by atoms with Crippen LogP contribution in [-0.2, 0) is 4.79 Å². The fourth-order valence-corrected chi connectivity index (χ4v) is 4.78.